The Kier molecular flexibility index (Phi) is 8.46. The number of amides is 2. The molecule has 2 amide bonds. The number of methoxy groups -OCH3 is 2. The van der Waals surface area contributed by atoms with Gasteiger partial charge in [0.15, 0.2) is 11.5 Å². The minimum atomic E-state index is -0.241. The number of rotatable bonds is 9. The highest BCUT2D eigenvalue weighted by Crippen LogP contribution is 2.33. The summed E-state index contributed by atoms with van der Waals surface area (Å²) in [6.07, 6.45) is 0.913. The van der Waals surface area contributed by atoms with Gasteiger partial charge in [0.05, 0.1) is 25.5 Å². The summed E-state index contributed by atoms with van der Waals surface area (Å²) in [5.74, 6) is 1.42. The molecule has 0 bridgehead atoms. The molecule has 0 radical (unpaired) electrons. The van der Waals surface area contributed by atoms with Gasteiger partial charge in [0.2, 0.25) is 0 Å². The van der Waals surface area contributed by atoms with Crippen LogP contribution in [0.5, 0.6) is 11.5 Å². The van der Waals surface area contributed by atoms with E-state index in [1.807, 2.05) is 36.4 Å². The van der Waals surface area contributed by atoms with Crippen LogP contribution in [0.4, 0.5) is 5.69 Å². The minimum absolute atomic E-state index is 0.213. The van der Waals surface area contributed by atoms with Crippen LogP contribution in [0.2, 0.25) is 0 Å². The Bertz CT molecular complexity index is 1250. The van der Waals surface area contributed by atoms with Crippen LogP contribution in [0.25, 0.3) is 0 Å². The topological polar surface area (TPSA) is 79.9 Å². The molecule has 0 fully saturated rings. The predicted octanol–water partition coefficient (Wildman–Crippen LogP) is 4.87. The van der Waals surface area contributed by atoms with E-state index >= 15 is 0 Å². The monoisotopic (exact) mass is 501 g/mol. The number of hydrogen-bond acceptors (Lipinski definition) is 5. The van der Waals surface area contributed by atoms with Crippen LogP contribution in [-0.4, -0.2) is 50.6 Å². The Morgan fingerprint density at radius 1 is 0.919 bits per heavy atom. The number of carbonyl (C=O) groups excluding carboxylic acids is 2. The molecular formula is C30H35N3O4. The predicted molar refractivity (Wildman–Crippen MR) is 146 cm³/mol. The van der Waals surface area contributed by atoms with E-state index in [9.17, 15) is 9.59 Å². The number of hydrogen-bond donors (Lipinski definition) is 2. The van der Waals surface area contributed by atoms with Gasteiger partial charge in [-0.3, -0.25) is 14.5 Å². The van der Waals surface area contributed by atoms with Gasteiger partial charge in [-0.05, 0) is 65.4 Å². The van der Waals surface area contributed by atoms with Crippen LogP contribution < -0.4 is 20.1 Å². The second-order valence-corrected chi connectivity index (χ2v) is 9.53. The van der Waals surface area contributed by atoms with E-state index < -0.39 is 0 Å². The highest BCUT2D eigenvalue weighted by Gasteiger charge is 2.20. The van der Waals surface area contributed by atoms with E-state index in [1.165, 1.54) is 16.7 Å². The van der Waals surface area contributed by atoms with Crippen LogP contribution >= 0.6 is 0 Å². The van der Waals surface area contributed by atoms with E-state index in [1.54, 1.807) is 32.4 Å². The van der Waals surface area contributed by atoms with Crippen molar-refractivity contribution in [1.82, 2.24) is 10.2 Å². The van der Waals surface area contributed by atoms with Crippen molar-refractivity contribution in [3.8, 4) is 11.5 Å². The lowest BCUT2D eigenvalue weighted by atomic mass is 9.99. The van der Waals surface area contributed by atoms with Crippen molar-refractivity contribution < 1.29 is 19.1 Å². The first kappa shape index (κ1) is 26.2. The van der Waals surface area contributed by atoms with Crippen LogP contribution in [0.1, 0.15) is 57.2 Å². The number of para-hydroxylation sites is 1. The molecular weight excluding hydrogens is 466 g/mol. The zero-order valence-corrected chi connectivity index (χ0v) is 22.0. The lowest BCUT2D eigenvalue weighted by Crippen LogP contribution is -2.38. The second-order valence-electron chi connectivity index (χ2n) is 9.53. The van der Waals surface area contributed by atoms with Crippen LogP contribution in [0.15, 0.2) is 60.7 Å². The molecule has 1 aliphatic rings. The van der Waals surface area contributed by atoms with Gasteiger partial charge < -0.3 is 20.1 Å². The summed E-state index contributed by atoms with van der Waals surface area (Å²) in [7, 11) is 3.29. The molecule has 0 aromatic heterocycles. The van der Waals surface area contributed by atoms with Crippen LogP contribution in [0.3, 0.4) is 0 Å². The molecule has 0 saturated heterocycles. The van der Waals surface area contributed by atoms with Crippen molar-refractivity contribution in [2.45, 2.75) is 32.7 Å². The Morgan fingerprint density at radius 3 is 2.27 bits per heavy atom. The minimum Gasteiger partial charge on any atom is -0.493 e. The van der Waals surface area contributed by atoms with Gasteiger partial charge in [-0.2, -0.15) is 0 Å². The Labute approximate surface area is 218 Å². The van der Waals surface area contributed by atoms with Crippen molar-refractivity contribution in [2.75, 3.05) is 39.2 Å². The third kappa shape index (κ3) is 6.30. The summed E-state index contributed by atoms with van der Waals surface area (Å²) in [6, 6.07) is 18.7. The molecule has 194 valence electrons. The first-order valence-electron chi connectivity index (χ1n) is 12.6. The maximum Gasteiger partial charge on any atom is 0.255 e. The first-order chi connectivity index (χ1) is 17.9. The largest absolute Gasteiger partial charge is 0.493 e. The number of nitrogens with zero attached hydrogens (tertiary/aromatic N) is 1. The average Bonchev–Trinajstić information content (AvgIpc) is 2.92. The van der Waals surface area contributed by atoms with Crippen molar-refractivity contribution in [3.05, 3.63) is 88.5 Å². The molecule has 4 rings (SSSR count). The summed E-state index contributed by atoms with van der Waals surface area (Å²) < 4.78 is 10.9. The van der Waals surface area contributed by atoms with E-state index in [4.69, 9.17) is 9.47 Å². The molecule has 0 spiro atoms. The third-order valence-electron chi connectivity index (χ3n) is 6.77. The molecule has 3 aromatic rings. The summed E-state index contributed by atoms with van der Waals surface area (Å²) in [6.45, 7) is 7.14. The fourth-order valence-corrected chi connectivity index (χ4v) is 4.56. The fraction of sp³-hybridized carbons (Fsp3) is 0.333. The van der Waals surface area contributed by atoms with Gasteiger partial charge in [-0.15, -0.1) is 0 Å². The molecule has 2 N–H and O–H groups in total. The molecule has 1 heterocycles. The third-order valence-corrected chi connectivity index (χ3v) is 6.77. The number of anilines is 1. The summed E-state index contributed by atoms with van der Waals surface area (Å²) in [4.78, 5) is 28.1. The summed E-state index contributed by atoms with van der Waals surface area (Å²) >= 11 is 0. The van der Waals surface area contributed by atoms with Gasteiger partial charge in [-0.25, -0.2) is 0 Å². The number of nitrogens with one attached hydrogen (secondary N) is 2. The lowest BCUT2D eigenvalue weighted by Gasteiger charge is -2.29. The molecule has 3 aromatic carbocycles. The molecule has 7 heteroatoms. The number of carbonyl (C=O) groups is 2. The van der Waals surface area contributed by atoms with Crippen molar-refractivity contribution in [3.63, 3.8) is 0 Å². The van der Waals surface area contributed by atoms with E-state index in [2.05, 4.69) is 35.4 Å². The highest BCUT2D eigenvalue weighted by atomic mass is 16.5. The average molecular weight is 502 g/mol. The van der Waals surface area contributed by atoms with Gasteiger partial charge in [-0.1, -0.05) is 38.1 Å². The first-order valence-corrected chi connectivity index (χ1v) is 12.6. The Hall–Kier alpha value is -3.84. The molecule has 0 aliphatic carbocycles. The van der Waals surface area contributed by atoms with Crippen molar-refractivity contribution >= 4 is 17.5 Å². The molecule has 7 nitrogen and oxygen atoms in total. The van der Waals surface area contributed by atoms with E-state index in [0.717, 1.165) is 37.6 Å². The number of ether oxygens (including phenoxy) is 2. The maximum absolute atomic E-state index is 13.0. The van der Waals surface area contributed by atoms with E-state index in [-0.39, 0.29) is 11.8 Å². The molecule has 0 unspecified atom stereocenters. The Balaban J connectivity index is 1.34. The van der Waals surface area contributed by atoms with Gasteiger partial charge in [0.25, 0.3) is 11.8 Å². The molecule has 0 atom stereocenters. The number of benzene rings is 3. The van der Waals surface area contributed by atoms with Crippen molar-refractivity contribution in [1.29, 1.82) is 0 Å². The van der Waals surface area contributed by atoms with Gasteiger partial charge >= 0.3 is 0 Å². The summed E-state index contributed by atoms with van der Waals surface area (Å²) in [5.41, 5.74) is 5.14. The molecule has 1 aliphatic heterocycles. The van der Waals surface area contributed by atoms with Gasteiger partial charge in [0, 0.05) is 31.7 Å². The van der Waals surface area contributed by atoms with Crippen LogP contribution in [0, 0.1) is 0 Å². The number of fused-ring (bicyclic) bond motifs is 1. The standard InChI is InChI=1S/C30H35N3O4/c1-20(2)21-9-11-22(12-10-21)29(34)32-26-8-6-5-7-25(26)30(35)31-14-16-33-15-13-23-17-27(36-3)28(37-4)18-24(23)19-33/h5-12,17-18,20H,13-16,19H2,1-4H3,(H,31,35)(H,32,34). The normalized spacial score (nSPS) is 13.1. The maximum atomic E-state index is 13.0. The summed E-state index contributed by atoms with van der Waals surface area (Å²) in [5, 5.41) is 5.90. The van der Waals surface area contributed by atoms with Gasteiger partial charge in [0.1, 0.15) is 0 Å². The zero-order chi connectivity index (χ0) is 26.4. The lowest BCUT2D eigenvalue weighted by molar-refractivity contribution is 0.0948. The smallest absolute Gasteiger partial charge is 0.255 e. The van der Waals surface area contributed by atoms with Crippen molar-refractivity contribution in [2.24, 2.45) is 0 Å². The quantitative estimate of drug-likeness (QED) is 0.437. The Morgan fingerprint density at radius 2 is 1.59 bits per heavy atom. The molecule has 37 heavy (non-hydrogen) atoms. The SMILES string of the molecule is COc1cc2c(cc1OC)CN(CCNC(=O)c1ccccc1NC(=O)c1ccc(C(C)C)cc1)CC2. The second kappa shape index (κ2) is 11.9. The fourth-order valence-electron chi connectivity index (χ4n) is 4.56. The van der Waals surface area contributed by atoms with E-state index in [0.29, 0.717) is 29.3 Å². The molecule has 0 saturated carbocycles. The zero-order valence-electron chi connectivity index (χ0n) is 22.0. The highest BCUT2D eigenvalue weighted by molar-refractivity contribution is 6.09. The van der Waals surface area contributed by atoms with Crippen LogP contribution in [-0.2, 0) is 13.0 Å².